The van der Waals surface area contributed by atoms with Crippen molar-refractivity contribution in [2.45, 2.75) is 0 Å². The second-order valence-electron chi connectivity index (χ2n) is 0.543. The van der Waals surface area contributed by atoms with E-state index in [1.165, 1.54) is 0 Å². The molecule has 0 aliphatic rings. The number of carboxylic acid groups (broad SMARTS) is 1. The molecule has 0 saturated carbocycles. The van der Waals surface area contributed by atoms with E-state index in [2.05, 4.69) is 5.32 Å². The first-order valence-electron chi connectivity index (χ1n) is 1.37. The maximum Gasteiger partial charge on any atom is 2.00 e. The van der Waals surface area contributed by atoms with Crippen molar-refractivity contribution in [1.29, 1.82) is 0 Å². The van der Waals surface area contributed by atoms with E-state index >= 15 is 0 Å². The van der Waals surface area contributed by atoms with Crippen LogP contribution in [0.4, 0.5) is 0 Å². The summed E-state index contributed by atoms with van der Waals surface area (Å²) >= 11 is 0. The zero-order chi connectivity index (χ0) is 5.41. The molecule has 0 atom stereocenters. The van der Waals surface area contributed by atoms with Crippen LogP contribution in [0.15, 0.2) is 0 Å². The molecule has 7 heavy (non-hydrogen) atoms. The molecule has 0 radical (unpaired) electrons. The van der Waals surface area contributed by atoms with Gasteiger partial charge in [-0.1, -0.05) is 0 Å². The molecule has 0 aromatic rings. The van der Waals surface area contributed by atoms with Crippen molar-refractivity contribution in [2.75, 3.05) is 14.1 Å². The standard InChI is InChI=1S/C2H6N.CH2O2.Zn/c1-3-2;2-1-3;/h1-2H3;1H,(H,2,3);/q-1;;+2/p-1. The normalized spacial score (nSPS) is 4.29. The Bertz CT molecular complexity index is 26.9. The molecule has 0 fully saturated rings. The first-order chi connectivity index (χ1) is 2.83. The van der Waals surface area contributed by atoms with Crippen molar-refractivity contribution in [3.8, 4) is 0 Å². The number of carbonyl (C=O) groups is 1. The molecule has 0 heterocycles. The smallest absolute Gasteiger partial charge is 0.668 e. The first-order valence-corrected chi connectivity index (χ1v) is 1.37. The maximum absolute atomic E-state index is 8.25. The van der Waals surface area contributed by atoms with Gasteiger partial charge in [0.2, 0.25) is 0 Å². The average Bonchev–Trinajstić information content (AvgIpc) is 1.39. The third kappa shape index (κ3) is 34900. The van der Waals surface area contributed by atoms with Crippen LogP contribution in [-0.2, 0) is 24.3 Å². The van der Waals surface area contributed by atoms with Crippen LogP contribution in [0, 0.1) is 0 Å². The zero-order valence-electron chi connectivity index (χ0n) is 4.55. The predicted molar refractivity (Wildman–Crippen MR) is 21.3 cm³/mol. The molecule has 0 amide bonds. The van der Waals surface area contributed by atoms with Gasteiger partial charge in [0.15, 0.2) is 0 Å². The molecule has 3 nitrogen and oxygen atoms in total. The van der Waals surface area contributed by atoms with Gasteiger partial charge in [-0.25, -0.2) is 0 Å². The van der Waals surface area contributed by atoms with Crippen molar-refractivity contribution in [3.05, 3.63) is 5.32 Å². The monoisotopic (exact) mass is 153 g/mol. The predicted octanol–water partition coefficient (Wildman–Crippen LogP) is -1.02. The van der Waals surface area contributed by atoms with Crippen molar-refractivity contribution in [1.82, 2.24) is 0 Å². The van der Waals surface area contributed by atoms with E-state index in [0.717, 1.165) is 0 Å². The van der Waals surface area contributed by atoms with Gasteiger partial charge in [0, 0.05) is 6.47 Å². The Morgan fingerprint density at radius 1 is 1.57 bits per heavy atom. The minimum Gasteiger partial charge on any atom is -0.668 e. The fourth-order valence-electron chi connectivity index (χ4n) is 0. The van der Waals surface area contributed by atoms with Crippen LogP contribution in [0.3, 0.4) is 0 Å². The number of hydrogen-bond donors (Lipinski definition) is 0. The van der Waals surface area contributed by atoms with Crippen LogP contribution < -0.4 is 5.11 Å². The fourth-order valence-corrected chi connectivity index (χ4v) is 0. The van der Waals surface area contributed by atoms with E-state index in [1.54, 1.807) is 14.1 Å². The summed E-state index contributed by atoms with van der Waals surface area (Å²) < 4.78 is 0. The average molecular weight is 154 g/mol. The van der Waals surface area contributed by atoms with Crippen molar-refractivity contribution >= 4 is 6.47 Å². The van der Waals surface area contributed by atoms with Crippen LogP contribution in [-0.4, -0.2) is 20.6 Å². The van der Waals surface area contributed by atoms with Gasteiger partial charge in [-0.3, -0.25) is 0 Å². The van der Waals surface area contributed by atoms with Gasteiger partial charge in [0.05, 0.1) is 0 Å². The summed E-state index contributed by atoms with van der Waals surface area (Å²) in [5.74, 6) is 0. The minimum atomic E-state index is -0.500. The van der Waals surface area contributed by atoms with E-state index in [9.17, 15) is 0 Å². The number of hydrogen-bond acceptors (Lipinski definition) is 2. The van der Waals surface area contributed by atoms with Gasteiger partial charge >= 0.3 is 19.5 Å². The third-order valence-corrected chi connectivity index (χ3v) is 0. The van der Waals surface area contributed by atoms with Gasteiger partial charge in [-0.15, -0.1) is 0 Å². The van der Waals surface area contributed by atoms with Crippen LogP contribution in [0.1, 0.15) is 0 Å². The third-order valence-electron chi connectivity index (χ3n) is 0. The fraction of sp³-hybridized carbons (Fsp3) is 0.667. The second kappa shape index (κ2) is 36.7. The van der Waals surface area contributed by atoms with E-state index in [4.69, 9.17) is 9.90 Å². The Labute approximate surface area is 55.9 Å². The summed E-state index contributed by atoms with van der Waals surface area (Å²) in [6.45, 7) is -0.500. The van der Waals surface area contributed by atoms with Crippen LogP contribution in [0.5, 0.6) is 0 Å². The van der Waals surface area contributed by atoms with Crippen molar-refractivity contribution in [2.24, 2.45) is 0 Å². The van der Waals surface area contributed by atoms with Gasteiger partial charge < -0.3 is 15.2 Å². The van der Waals surface area contributed by atoms with Gasteiger partial charge in [0.25, 0.3) is 0 Å². The van der Waals surface area contributed by atoms with Gasteiger partial charge in [0.1, 0.15) is 0 Å². The van der Waals surface area contributed by atoms with Gasteiger partial charge in [-0.2, -0.15) is 14.1 Å². The Kier molecular flexibility index (Phi) is 82.4. The summed E-state index contributed by atoms with van der Waals surface area (Å²) in [5, 5.41) is 11.8. The van der Waals surface area contributed by atoms with Crippen molar-refractivity contribution < 1.29 is 29.4 Å². The largest absolute Gasteiger partial charge is 2.00 e. The summed E-state index contributed by atoms with van der Waals surface area (Å²) in [4.78, 5) is 8.25. The SMILES string of the molecule is C[N-]C.O=C[O-].[Zn+2]. The molecule has 0 saturated heterocycles. The molecule has 0 aromatic carbocycles. The van der Waals surface area contributed by atoms with E-state index < -0.39 is 6.47 Å². The number of rotatable bonds is 0. The quantitative estimate of drug-likeness (QED) is 0.331. The Morgan fingerprint density at radius 3 is 1.57 bits per heavy atom. The Balaban J connectivity index is -0.0000000400. The molecule has 0 unspecified atom stereocenters. The molecule has 0 aromatic heterocycles. The Hall–Kier alpha value is 0.0534. The summed E-state index contributed by atoms with van der Waals surface area (Å²) in [5.41, 5.74) is 0. The topological polar surface area (TPSA) is 54.2 Å². The zero-order valence-corrected chi connectivity index (χ0v) is 7.52. The molecule has 0 aliphatic carbocycles. The van der Waals surface area contributed by atoms with Crippen LogP contribution >= 0.6 is 0 Å². The molecular weight excluding hydrogens is 147 g/mol. The first kappa shape index (κ1) is 15.7. The molecule has 0 spiro atoms. The van der Waals surface area contributed by atoms with Gasteiger partial charge in [-0.05, 0) is 0 Å². The molecule has 0 rings (SSSR count). The molecule has 0 bridgehead atoms. The molecular formula is C3H7NO2Zn. The Morgan fingerprint density at radius 2 is 1.57 bits per heavy atom. The van der Waals surface area contributed by atoms with Crippen LogP contribution in [0.2, 0.25) is 0 Å². The van der Waals surface area contributed by atoms with E-state index in [1.807, 2.05) is 0 Å². The number of carbonyl (C=O) groups excluding carboxylic acids is 1. The summed E-state index contributed by atoms with van der Waals surface area (Å²) in [7, 11) is 3.50. The van der Waals surface area contributed by atoms with Crippen LogP contribution in [0.25, 0.3) is 5.32 Å². The minimum absolute atomic E-state index is 0. The summed E-state index contributed by atoms with van der Waals surface area (Å²) in [6.07, 6.45) is 0. The molecule has 4 heteroatoms. The molecule has 0 N–H and O–H groups in total. The van der Waals surface area contributed by atoms with E-state index in [-0.39, 0.29) is 19.5 Å². The molecule has 0 aliphatic heterocycles. The maximum atomic E-state index is 8.25. The van der Waals surface area contributed by atoms with E-state index in [0.29, 0.717) is 0 Å². The second-order valence-corrected chi connectivity index (χ2v) is 0.543. The van der Waals surface area contributed by atoms with Crippen molar-refractivity contribution in [3.63, 3.8) is 0 Å². The summed E-state index contributed by atoms with van der Waals surface area (Å²) in [6, 6.07) is 0. The number of nitrogens with zero attached hydrogens (tertiary/aromatic N) is 1. The molecule has 38 valence electrons.